The van der Waals surface area contributed by atoms with E-state index >= 15 is 0 Å². The van der Waals surface area contributed by atoms with Crippen LogP contribution < -0.4 is 5.32 Å². The summed E-state index contributed by atoms with van der Waals surface area (Å²) in [6.07, 6.45) is 6.75. The summed E-state index contributed by atoms with van der Waals surface area (Å²) in [5.74, 6) is 0.976. The topological polar surface area (TPSA) is 12.0 Å². The molecule has 17 heavy (non-hydrogen) atoms. The van der Waals surface area contributed by atoms with Crippen molar-refractivity contribution in [2.75, 3.05) is 0 Å². The zero-order chi connectivity index (χ0) is 12.3. The highest BCUT2D eigenvalue weighted by Crippen LogP contribution is 2.28. The van der Waals surface area contributed by atoms with Gasteiger partial charge in [0.25, 0.3) is 0 Å². The summed E-state index contributed by atoms with van der Waals surface area (Å²) >= 11 is 1.94. The van der Waals surface area contributed by atoms with E-state index in [0.717, 1.165) is 12.0 Å². The highest BCUT2D eigenvalue weighted by molar-refractivity contribution is 7.11. The number of rotatable bonds is 5. The minimum Gasteiger partial charge on any atom is -0.311 e. The van der Waals surface area contributed by atoms with Gasteiger partial charge in [0.15, 0.2) is 0 Å². The van der Waals surface area contributed by atoms with Gasteiger partial charge in [-0.3, -0.25) is 0 Å². The zero-order valence-electron chi connectivity index (χ0n) is 11.3. The molecule has 1 aliphatic rings. The summed E-state index contributed by atoms with van der Waals surface area (Å²) in [6.45, 7) is 6.84. The van der Waals surface area contributed by atoms with E-state index in [2.05, 4.69) is 38.2 Å². The highest BCUT2D eigenvalue weighted by atomic mass is 32.1. The molecule has 1 saturated carbocycles. The predicted octanol–water partition coefficient (Wildman–Crippen LogP) is 4.16. The molecule has 1 fully saturated rings. The lowest BCUT2D eigenvalue weighted by Gasteiger charge is -2.19. The Labute approximate surface area is 110 Å². The summed E-state index contributed by atoms with van der Waals surface area (Å²) in [5.41, 5.74) is 0. The highest BCUT2D eigenvalue weighted by Gasteiger charge is 2.24. The Hall–Kier alpha value is -0.340. The van der Waals surface area contributed by atoms with Gasteiger partial charge < -0.3 is 5.32 Å². The smallest absolute Gasteiger partial charge is 0.00896 e. The molecule has 1 nitrogen and oxygen atoms in total. The third kappa shape index (κ3) is 3.82. The van der Waals surface area contributed by atoms with Crippen LogP contribution in [0.4, 0.5) is 0 Å². The van der Waals surface area contributed by atoms with Gasteiger partial charge in [-0.1, -0.05) is 13.3 Å². The van der Waals surface area contributed by atoms with Crippen molar-refractivity contribution in [1.82, 2.24) is 5.32 Å². The molecule has 1 aromatic rings. The first kappa shape index (κ1) is 13.1. The van der Waals surface area contributed by atoms with Crippen molar-refractivity contribution in [2.24, 2.45) is 5.92 Å². The maximum atomic E-state index is 3.81. The monoisotopic (exact) mass is 251 g/mol. The maximum Gasteiger partial charge on any atom is 0.00896 e. The number of thiophene rings is 1. The fraction of sp³-hybridized carbons (Fsp3) is 0.733. The fourth-order valence-electron chi connectivity index (χ4n) is 2.96. The Morgan fingerprint density at radius 2 is 2.24 bits per heavy atom. The van der Waals surface area contributed by atoms with E-state index in [4.69, 9.17) is 0 Å². The van der Waals surface area contributed by atoms with Gasteiger partial charge in [-0.25, -0.2) is 0 Å². The first-order valence-electron chi connectivity index (χ1n) is 6.98. The number of hydrogen-bond donors (Lipinski definition) is 1. The van der Waals surface area contributed by atoms with Crippen molar-refractivity contribution >= 4 is 11.3 Å². The second-order valence-electron chi connectivity index (χ2n) is 5.57. The molecule has 1 N–H and O–H groups in total. The van der Waals surface area contributed by atoms with Crippen molar-refractivity contribution < 1.29 is 0 Å². The lowest BCUT2D eigenvalue weighted by molar-refractivity contribution is 0.429. The summed E-state index contributed by atoms with van der Waals surface area (Å²) in [6, 6.07) is 5.90. The normalized spacial score (nSPS) is 26.3. The molecule has 1 heterocycles. The van der Waals surface area contributed by atoms with Crippen molar-refractivity contribution in [3.63, 3.8) is 0 Å². The molecule has 96 valence electrons. The minimum atomic E-state index is 0.619. The van der Waals surface area contributed by atoms with Gasteiger partial charge in [-0.15, -0.1) is 11.3 Å². The Bertz CT molecular complexity index is 344. The molecule has 0 spiro atoms. The van der Waals surface area contributed by atoms with E-state index in [1.807, 2.05) is 11.3 Å². The van der Waals surface area contributed by atoms with Crippen LogP contribution in [-0.2, 0) is 6.42 Å². The van der Waals surface area contributed by atoms with E-state index < -0.39 is 0 Å². The molecule has 0 aromatic carbocycles. The van der Waals surface area contributed by atoms with Crippen molar-refractivity contribution in [3.8, 4) is 0 Å². The Kier molecular flexibility index (Phi) is 4.63. The molecule has 0 saturated heterocycles. The number of aryl methyl sites for hydroxylation is 1. The van der Waals surface area contributed by atoms with Gasteiger partial charge in [-0.2, -0.15) is 0 Å². The van der Waals surface area contributed by atoms with E-state index in [-0.39, 0.29) is 0 Å². The molecule has 0 aliphatic heterocycles. The van der Waals surface area contributed by atoms with Gasteiger partial charge in [0.05, 0.1) is 0 Å². The predicted molar refractivity (Wildman–Crippen MR) is 76.8 cm³/mol. The summed E-state index contributed by atoms with van der Waals surface area (Å²) < 4.78 is 0. The SMILES string of the molecule is CCC1CCC(NC(C)Cc2ccc(C)s2)C1. The molecular formula is C15H25NS. The van der Waals surface area contributed by atoms with Crippen LogP contribution >= 0.6 is 11.3 Å². The zero-order valence-corrected chi connectivity index (χ0v) is 12.1. The largest absolute Gasteiger partial charge is 0.311 e. The number of hydrogen-bond acceptors (Lipinski definition) is 2. The van der Waals surface area contributed by atoms with Crippen LogP contribution in [0.3, 0.4) is 0 Å². The first-order chi connectivity index (χ1) is 8.17. The fourth-order valence-corrected chi connectivity index (χ4v) is 3.97. The van der Waals surface area contributed by atoms with E-state index in [9.17, 15) is 0 Å². The third-order valence-corrected chi connectivity index (χ3v) is 4.97. The van der Waals surface area contributed by atoms with E-state index in [1.165, 1.54) is 41.9 Å². The average Bonchev–Trinajstić information content (AvgIpc) is 2.88. The van der Waals surface area contributed by atoms with E-state index in [1.54, 1.807) is 0 Å². The van der Waals surface area contributed by atoms with Gasteiger partial charge in [0, 0.05) is 21.8 Å². The van der Waals surface area contributed by atoms with Crippen LogP contribution in [0.5, 0.6) is 0 Å². The molecule has 1 aromatic heterocycles. The lowest BCUT2D eigenvalue weighted by Crippen LogP contribution is -2.36. The summed E-state index contributed by atoms with van der Waals surface area (Å²) in [7, 11) is 0. The van der Waals surface area contributed by atoms with Gasteiger partial charge in [0.1, 0.15) is 0 Å². The van der Waals surface area contributed by atoms with Gasteiger partial charge in [-0.05, 0) is 57.6 Å². The third-order valence-electron chi connectivity index (χ3n) is 3.94. The lowest BCUT2D eigenvalue weighted by atomic mass is 10.1. The second-order valence-corrected chi connectivity index (χ2v) is 6.94. The van der Waals surface area contributed by atoms with Crippen LogP contribution in [0.1, 0.15) is 49.3 Å². The number of nitrogens with one attached hydrogen (secondary N) is 1. The van der Waals surface area contributed by atoms with Gasteiger partial charge >= 0.3 is 0 Å². The van der Waals surface area contributed by atoms with Crippen molar-refractivity contribution in [1.29, 1.82) is 0 Å². The van der Waals surface area contributed by atoms with Crippen LogP contribution in [0.2, 0.25) is 0 Å². The quantitative estimate of drug-likeness (QED) is 0.828. The summed E-state index contributed by atoms with van der Waals surface area (Å²) in [5, 5.41) is 3.81. The molecule has 2 rings (SSSR count). The van der Waals surface area contributed by atoms with E-state index in [0.29, 0.717) is 6.04 Å². The van der Waals surface area contributed by atoms with Crippen LogP contribution in [0.25, 0.3) is 0 Å². The minimum absolute atomic E-state index is 0.619. The standard InChI is InChI=1S/C15H25NS/c1-4-13-6-7-14(10-13)16-11(2)9-15-8-5-12(3)17-15/h5,8,11,13-14,16H,4,6-7,9-10H2,1-3H3. The van der Waals surface area contributed by atoms with Crippen LogP contribution in [0.15, 0.2) is 12.1 Å². The Morgan fingerprint density at radius 1 is 1.41 bits per heavy atom. The van der Waals surface area contributed by atoms with Crippen LogP contribution in [0, 0.1) is 12.8 Å². The van der Waals surface area contributed by atoms with Gasteiger partial charge in [0.2, 0.25) is 0 Å². The molecular weight excluding hydrogens is 226 g/mol. The van der Waals surface area contributed by atoms with Crippen molar-refractivity contribution in [2.45, 2.75) is 65.0 Å². The molecule has 0 radical (unpaired) electrons. The molecule has 0 bridgehead atoms. The van der Waals surface area contributed by atoms with Crippen molar-refractivity contribution in [3.05, 3.63) is 21.9 Å². The maximum absolute atomic E-state index is 3.81. The van der Waals surface area contributed by atoms with Crippen LogP contribution in [-0.4, -0.2) is 12.1 Å². The molecule has 2 heteroatoms. The molecule has 1 aliphatic carbocycles. The molecule has 3 atom stereocenters. The second kappa shape index (κ2) is 6.01. The molecule has 3 unspecified atom stereocenters. The first-order valence-corrected chi connectivity index (χ1v) is 7.80. The summed E-state index contributed by atoms with van der Waals surface area (Å²) in [4.78, 5) is 2.95. The molecule has 0 amide bonds. The average molecular weight is 251 g/mol. The Morgan fingerprint density at radius 3 is 2.82 bits per heavy atom. The Balaban J connectivity index is 1.76.